The Morgan fingerprint density at radius 3 is 1.19 bits per heavy atom. The lowest BCUT2D eigenvalue weighted by Gasteiger charge is -2.25. The van der Waals surface area contributed by atoms with E-state index in [1.165, 1.54) is 0 Å². The number of hydrogen-bond acceptors (Lipinski definition) is 4. The summed E-state index contributed by atoms with van der Waals surface area (Å²) in [6.07, 6.45) is 0. The van der Waals surface area contributed by atoms with Gasteiger partial charge in [-0.05, 0) is 38.8 Å². The molecule has 3 aromatic rings. The van der Waals surface area contributed by atoms with Crippen LogP contribution in [-0.2, 0) is 22.7 Å². The van der Waals surface area contributed by atoms with Gasteiger partial charge >= 0.3 is 0 Å². The molecular formula is C28H30O4. The van der Waals surface area contributed by atoms with Crippen LogP contribution in [0.25, 0.3) is 0 Å². The van der Waals surface area contributed by atoms with E-state index >= 15 is 0 Å². The molecule has 0 bridgehead atoms. The molecule has 3 aromatic carbocycles. The van der Waals surface area contributed by atoms with Crippen LogP contribution in [0, 0.1) is 0 Å². The van der Waals surface area contributed by atoms with Crippen molar-refractivity contribution >= 4 is 11.6 Å². The second-order valence-corrected chi connectivity index (χ2v) is 8.80. The third-order valence-corrected chi connectivity index (χ3v) is 5.39. The maximum absolute atomic E-state index is 13.0. The van der Waals surface area contributed by atoms with Crippen molar-refractivity contribution in [3.63, 3.8) is 0 Å². The van der Waals surface area contributed by atoms with E-state index < -0.39 is 11.2 Å². The Kier molecular flexibility index (Phi) is 7.39. The fraction of sp³-hybridized carbons (Fsp3) is 0.286. The van der Waals surface area contributed by atoms with Crippen molar-refractivity contribution in [2.45, 2.75) is 52.1 Å². The molecule has 0 saturated heterocycles. The Labute approximate surface area is 190 Å². The van der Waals surface area contributed by atoms with Gasteiger partial charge in [0.2, 0.25) is 0 Å². The van der Waals surface area contributed by atoms with Crippen molar-refractivity contribution in [1.29, 1.82) is 0 Å². The minimum atomic E-state index is -0.987. The normalized spacial score (nSPS) is 11.9. The number of ketones is 2. The second kappa shape index (κ2) is 10.0. The van der Waals surface area contributed by atoms with Crippen LogP contribution in [-0.4, -0.2) is 22.8 Å². The van der Waals surface area contributed by atoms with Gasteiger partial charge in [-0.1, -0.05) is 84.9 Å². The lowest BCUT2D eigenvalue weighted by molar-refractivity contribution is -0.0137. The third kappa shape index (κ3) is 6.00. The summed E-state index contributed by atoms with van der Waals surface area (Å²) in [6, 6.07) is 26.2. The van der Waals surface area contributed by atoms with Crippen molar-refractivity contribution in [1.82, 2.24) is 0 Å². The van der Waals surface area contributed by atoms with Crippen LogP contribution in [0.15, 0.2) is 84.9 Å². The summed E-state index contributed by atoms with van der Waals surface area (Å²) in [5, 5.41) is 0. The largest absolute Gasteiger partial charge is 0.363 e. The van der Waals surface area contributed by atoms with Crippen molar-refractivity contribution in [3.8, 4) is 0 Å². The topological polar surface area (TPSA) is 52.6 Å². The first kappa shape index (κ1) is 23.6. The minimum absolute atomic E-state index is 0.132. The molecule has 166 valence electrons. The standard InChI is InChI=1S/C28H30O4/c1-27(2,31-19-21-11-7-5-8-12-21)25(29)23-15-17-24(18-16-23)26(30)28(3,4)32-20-22-13-9-6-10-14-22/h5-18H,19-20H2,1-4H3. The monoisotopic (exact) mass is 430 g/mol. The molecule has 0 saturated carbocycles. The van der Waals surface area contributed by atoms with Crippen molar-refractivity contribution < 1.29 is 19.1 Å². The Balaban J connectivity index is 1.63. The first-order valence-corrected chi connectivity index (χ1v) is 10.7. The number of rotatable bonds is 10. The summed E-state index contributed by atoms with van der Waals surface area (Å²) in [5.41, 5.74) is 1.04. The summed E-state index contributed by atoms with van der Waals surface area (Å²) in [7, 11) is 0. The zero-order valence-corrected chi connectivity index (χ0v) is 19.1. The summed E-state index contributed by atoms with van der Waals surface area (Å²) < 4.78 is 11.8. The molecule has 0 aliphatic heterocycles. The summed E-state index contributed by atoms with van der Waals surface area (Å²) in [5.74, 6) is -0.265. The van der Waals surface area contributed by atoms with E-state index in [0.29, 0.717) is 24.3 Å². The quantitative estimate of drug-likeness (QED) is 0.368. The molecular weight excluding hydrogens is 400 g/mol. The van der Waals surface area contributed by atoms with E-state index in [9.17, 15) is 9.59 Å². The maximum atomic E-state index is 13.0. The van der Waals surface area contributed by atoms with E-state index in [1.807, 2.05) is 60.7 Å². The molecule has 4 heteroatoms. The number of hydrogen-bond donors (Lipinski definition) is 0. The van der Waals surface area contributed by atoms with Gasteiger partial charge in [0.15, 0.2) is 11.6 Å². The molecule has 4 nitrogen and oxygen atoms in total. The van der Waals surface area contributed by atoms with Crippen LogP contribution in [0.1, 0.15) is 59.5 Å². The molecule has 0 fully saturated rings. The van der Waals surface area contributed by atoms with Gasteiger partial charge < -0.3 is 9.47 Å². The fourth-order valence-corrected chi connectivity index (χ4v) is 3.28. The molecule has 32 heavy (non-hydrogen) atoms. The Morgan fingerprint density at radius 1 is 0.562 bits per heavy atom. The van der Waals surface area contributed by atoms with Gasteiger partial charge in [0.25, 0.3) is 0 Å². The number of ether oxygens (including phenoxy) is 2. The summed E-state index contributed by atoms with van der Waals surface area (Å²) >= 11 is 0. The lowest BCUT2D eigenvalue weighted by atomic mass is 9.92. The number of carbonyl (C=O) groups excluding carboxylic acids is 2. The van der Waals surface area contributed by atoms with Gasteiger partial charge in [0.05, 0.1) is 13.2 Å². The highest BCUT2D eigenvalue weighted by atomic mass is 16.5. The smallest absolute Gasteiger partial charge is 0.194 e. The maximum Gasteiger partial charge on any atom is 0.194 e. The predicted octanol–water partition coefficient (Wildman–Crippen LogP) is 6.04. The first-order valence-electron chi connectivity index (χ1n) is 10.7. The highest BCUT2D eigenvalue weighted by molar-refractivity contribution is 6.05. The molecule has 0 aliphatic rings. The van der Waals surface area contributed by atoms with Crippen LogP contribution in [0.4, 0.5) is 0 Å². The molecule has 0 radical (unpaired) electrons. The van der Waals surface area contributed by atoms with Crippen LogP contribution < -0.4 is 0 Å². The average Bonchev–Trinajstić information content (AvgIpc) is 2.82. The van der Waals surface area contributed by atoms with Gasteiger partial charge in [-0.3, -0.25) is 9.59 Å². The molecule has 0 unspecified atom stereocenters. The van der Waals surface area contributed by atoms with Gasteiger partial charge in [0, 0.05) is 11.1 Å². The summed E-state index contributed by atoms with van der Waals surface area (Å²) in [6.45, 7) is 7.75. The predicted molar refractivity (Wildman–Crippen MR) is 126 cm³/mol. The van der Waals surface area contributed by atoms with E-state index in [0.717, 1.165) is 11.1 Å². The molecule has 3 rings (SSSR count). The SMILES string of the molecule is CC(C)(OCc1ccccc1)C(=O)c1ccc(C(=O)C(C)(C)OCc2ccccc2)cc1. The molecule has 0 spiro atoms. The van der Waals surface area contributed by atoms with E-state index in [2.05, 4.69) is 0 Å². The average molecular weight is 431 g/mol. The molecule has 0 N–H and O–H groups in total. The Hall–Kier alpha value is -3.08. The summed E-state index contributed by atoms with van der Waals surface area (Å²) in [4.78, 5) is 26.0. The number of benzene rings is 3. The molecule has 0 aromatic heterocycles. The minimum Gasteiger partial charge on any atom is -0.363 e. The highest BCUT2D eigenvalue weighted by Crippen LogP contribution is 2.23. The van der Waals surface area contributed by atoms with E-state index in [4.69, 9.17) is 9.47 Å². The molecule has 0 amide bonds. The molecule has 0 atom stereocenters. The van der Waals surface area contributed by atoms with Gasteiger partial charge in [-0.25, -0.2) is 0 Å². The number of carbonyl (C=O) groups is 2. The fourth-order valence-electron chi connectivity index (χ4n) is 3.28. The van der Waals surface area contributed by atoms with Crippen LogP contribution in [0.5, 0.6) is 0 Å². The highest BCUT2D eigenvalue weighted by Gasteiger charge is 2.32. The second-order valence-electron chi connectivity index (χ2n) is 8.80. The van der Waals surface area contributed by atoms with Crippen molar-refractivity contribution in [2.75, 3.05) is 0 Å². The lowest BCUT2D eigenvalue weighted by Crippen LogP contribution is -2.36. The first-order chi connectivity index (χ1) is 15.2. The zero-order valence-electron chi connectivity index (χ0n) is 19.1. The number of Topliss-reactive ketones (excluding diaryl/α,β-unsaturated/α-hetero) is 2. The molecule has 0 heterocycles. The van der Waals surface area contributed by atoms with Crippen LogP contribution in [0.2, 0.25) is 0 Å². The van der Waals surface area contributed by atoms with Crippen LogP contribution in [0.3, 0.4) is 0 Å². The van der Waals surface area contributed by atoms with Crippen molar-refractivity contribution in [2.24, 2.45) is 0 Å². The Morgan fingerprint density at radius 2 is 0.875 bits per heavy atom. The van der Waals surface area contributed by atoms with Gasteiger partial charge in [-0.15, -0.1) is 0 Å². The zero-order chi connectivity index (χ0) is 23.2. The van der Waals surface area contributed by atoms with Crippen LogP contribution >= 0.6 is 0 Å². The molecule has 0 aliphatic carbocycles. The van der Waals surface area contributed by atoms with Gasteiger partial charge in [-0.2, -0.15) is 0 Å². The Bertz CT molecular complexity index is 949. The third-order valence-electron chi connectivity index (χ3n) is 5.39. The van der Waals surface area contributed by atoms with Gasteiger partial charge in [0.1, 0.15) is 11.2 Å². The van der Waals surface area contributed by atoms with E-state index in [1.54, 1.807) is 52.0 Å². The van der Waals surface area contributed by atoms with E-state index in [-0.39, 0.29) is 11.6 Å². The van der Waals surface area contributed by atoms with Crippen molar-refractivity contribution in [3.05, 3.63) is 107 Å².